The average Bonchev–Trinajstić information content (AvgIpc) is 3.90. The SMILES string of the molecule is C[Si](C)(C)c1ccc(N(c2ccccc2)c2cc3c(c4ccccc24)c2c4ccccc4c(N(c4ccccc4)c4ccc([Si](C)(C)C)cc4)cc2n3-c2ccc3sc4ccccc4c3c2)cc1. The second-order valence-corrected chi connectivity index (χ2v) is 31.5. The van der Waals surface area contributed by atoms with Crippen LogP contribution in [0.1, 0.15) is 0 Å². The highest BCUT2D eigenvalue weighted by Crippen LogP contribution is 2.50. The number of hydrogen-bond donors (Lipinski definition) is 0. The first kappa shape index (κ1) is 42.2. The molecule has 0 saturated heterocycles. The van der Waals surface area contributed by atoms with E-state index in [4.69, 9.17) is 0 Å². The van der Waals surface area contributed by atoms with Gasteiger partial charge in [0.25, 0.3) is 0 Å². The molecule has 3 nitrogen and oxygen atoms in total. The van der Waals surface area contributed by atoms with Gasteiger partial charge in [0.05, 0.1) is 38.6 Å². The molecule has 2 aromatic heterocycles. The summed E-state index contributed by atoms with van der Waals surface area (Å²) in [5, 5.41) is 12.8. The molecule has 0 aliphatic carbocycles. The summed E-state index contributed by atoms with van der Waals surface area (Å²) in [4.78, 5) is 4.94. The minimum Gasteiger partial charge on any atom is -0.310 e. The van der Waals surface area contributed by atoms with E-state index in [-0.39, 0.29) is 0 Å². The summed E-state index contributed by atoms with van der Waals surface area (Å²) < 4.78 is 5.17. The Kier molecular flexibility index (Phi) is 10.1. The Bertz CT molecular complexity index is 3660. The Labute approximate surface area is 404 Å². The monoisotopic (exact) mass is 927 g/mol. The zero-order chi connectivity index (χ0) is 46.3. The molecular formula is C62H53N3SSi2. The van der Waals surface area contributed by atoms with Crippen LogP contribution in [0.15, 0.2) is 212 Å². The molecular weight excluding hydrogens is 875 g/mol. The van der Waals surface area contributed by atoms with Gasteiger partial charge < -0.3 is 14.4 Å². The Hall–Kier alpha value is -7.23. The van der Waals surface area contributed by atoms with Crippen LogP contribution >= 0.6 is 11.3 Å². The predicted octanol–water partition coefficient (Wildman–Crippen LogP) is 17.5. The van der Waals surface area contributed by atoms with Gasteiger partial charge in [-0.05, 0) is 95.7 Å². The maximum Gasteiger partial charge on any atom is 0.0775 e. The lowest BCUT2D eigenvalue weighted by atomic mass is 9.96. The largest absolute Gasteiger partial charge is 0.310 e. The first-order chi connectivity index (χ1) is 33.0. The summed E-state index contributed by atoms with van der Waals surface area (Å²) in [7, 11) is -3.08. The van der Waals surface area contributed by atoms with E-state index in [1.165, 1.54) is 73.9 Å². The zero-order valence-electron chi connectivity index (χ0n) is 39.5. The molecule has 10 aromatic carbocycles. The number of anilines is 6. The second kappa shape index (κ2) is 16.2. The van der Waals surface area contributed by atoms with Gasteiger partial charge >= 0.3 is 0 Å². The Morgan fingerprint density at radius 3 is 1.18 bits per heavy atom. The van der Waals surface area contributed by atoms with Gasteiger partial charge in [0, 0.05) is 70.2 Å². The average molecular weight is 928 g/mol. The first-order valence-corrected chi connectivity index (χ1v) is 31.6. The van der Waals surface area contributed by atoms with E-state index >= 15 is 0 Å². The molecule has 12 rings (SSSR count). The van der Waals surface area contributed by atoms with Crippen molar-refractivity contribution in [3.63, 3.8) is 0 Å². The molecule has 0 bridgehead atoms. The third-order valence-corrected chi connectivity index (χ3v) is 19.1. The quantitative estimate of drug-likeness (QED) is 0.134. The standard InChI is InChI=1S/C62H53N3SSi2/c1-67(2,3)47-34-29-44(30-35-47)63(42-19-9-7-10-20-42)55-40-57-61(52-26-15-13-23-49(52)55)62-53-27-16-14-24-50(53)56(64(43-21-11-8-12-22-43)45-31-36-48(37-32-45)68(4,5)6)41-58(62)65(57)46-33-38-60-54(39-46)51-25-17-18-28-59(51)66-60/h7-41H,1-6H3. The molecule has 0 amide bonds. The van der Waals surface area contributed by atoms with E-state index in [1.54, 1.807) is 0 Å². The van der Waals surface area contributed by atoms with Gasteiger partial charge in [-0.25, -0.2) is 0 Å². The lowest BCUT2D eigenvalue weighted by molar-refractivity contribution is 1.18. The second-order valence-electron chi connectivity index (χ2n) is 20.2. The molecule has 0 aliphatic rings. The Morgan fingerprint density at radius 1 is 0.338 bits per heavy atom. The molecule has 0 saturated carbocycles. The smallest absolute Gasteiger partial charge is 0.0775 e. The molecule has 0 radical (unpaired) electrons. The first-order valence-electron chi connectivity index (χ1n) is 23.8. The minimum absolute atomic E-state index is 1.12. The summed E-state index contributed by atoms with van der Waals surface area (Å²) in [6.45, 7) is 14.5. The van der Waals surface area contributed by atoms with Crippen LogP contribution in [0.25, 0.3) is 69.2 Å². The molecule has 0 N–H and O–H groups in total. The minimum atomic E-state index is -1.54. The summed E-state index contributed by atoms with van der Waals surface area (Å²) in [6, 6.07) is 79.7. The van der Waals surface area contributed by atoms with Crippen LogP contribution in [-0.4, -0.2) is 20.7 Å². The van der Waals surface area contributed by atoms with Crippen LogP contribution < -0.4 is 20.2 Å². The maximum atomic E-state index is 2.57. The van der Waals surface area contributed by atoms with Crippen LogP contribution in [-0.2, 0) is 0 Å². The van der Waals surface area contributed by atoms with Crippen molar-refractivity contribution in [2.75, 3.05) is 9.80 Å². The van der Waals surface area contributed by atoms with E-state index in [0.717, 1.165) is 39.8 Å². The van der Waals surface area contributed by atoms with Gasteiger partial charge in [-0.2, -0.15) is 0 Å². The molecule has 0 unspecified atom stereocenters. The van der Waals surface area contributed by atoms with Crippen molar-refractivity contribution in [1.29, 1.82) is 0 Å². The number of nitrogens with zero attached hydrogens (tertiary/aromatic N) is 3. The lowest BCUT2D eigenvalue weighted by Crippen LogP contribution is -2.37. The number of para-hydroxylation sites is 2. The molecule has 0 spiro atoms. The summed E-state index contributed by atoms with van der Waals surface area (Å²) in [5.74, 6) is 0. The third kappa shape index (κ3) is 7.05. The van der Waals surface area contributed by atoms with Crippen molar-refractivity contribution in [1.82, 2.24) is 4.57 Å². The highest BCUT2D eigenvalue weighted by atomic mass is 32.1. The van der Waals surface area contributed by atoms with E-state index in [9.17, 15) is 0 Å². The molecule has 2 heterocycles. The summed E-state index contributed by atoms with van der Waals surface area (Å²) in [5.41, 5.74) is 10.3. The van der Waals surface area contributed by atoms with Crippen molar-refractivity contribution in [3.8, 4) is 5.69 Å². The number of benzene rings is 10. The van der Waals surface area contributed by atoms with Crippen LogP contribution in [0.5, 0.6) is 0 Å². The van der Waals surface area contributed by atoms with Crippen molar-refractivity contribution in [2.45, 2.75) is 39.3 Å². The van der Waals surface area contributed by atoms with E-state index in [0.29, 0.717) is 0 Å². The highest BCUT2D eigenvalue weighted by Gasteiger charge is 2.27. The molecule has 330 valence electrons. The molecule has 0 atom stereocenters. The number of aromatic nitrogens is 1. The maximum absolute atomic E-state index is 2.57. The van der Waals surface area contributed by atoms with Gasteiger partial charge in [-0.15, -0.1) is 11.3 Å². The number of hydrogen-bond acceptors (Lipinski definition) is 3. The molecule has 6 heteroatoms. The molecule has 0 aliphatic heterocycles. The van der Waals surface area contributed by atoms with Crippen molar-refractivity contribution in [2.24, 2.45) is 0 Å². The van der Waals surface area contributed by atoms with Crippen LogP contribution in [0.2, 0.25) is 39.3 Å². The predicted molar refractivity (Wildman–Crippen MR) is 304 cm³/mol. The van der Waals surface area contributed by atoms with Crippen molar-refractivity contribution in [3.05, 3.63) is 212 Å². The van der Waals surface area contributed by atoms with Crippen molar-refractivity contribution >= 4 is 136 Å². The fraction of sp³-hybridized carbons (Fsp3) is 0.0968. The van der Waals surface area contributed by atoms with Crippen LogP contribution in [0.4, 0.5) is 34.1 Å². The number of fused-ring (bicyclic) bond motifs is 10. The van der Waals surface area contributed by atoms with Crippen molar-refractivity contribution < 1.29 is 0 Å². The zero-order valence-corrected chi connectivity index (χ0v) is 42.3. The van der Waals surface area contributed by atoms with Crippen LogP contribution in [0.3, 0.4) is 0 Å². The Balaban J connectivity index is 1.23. The Morgan fingerprint density at radius 2 is 0.721 bits per heavy atom. The number of rotatable bonds is 9. The van der Waals surface area contributed by atoms with Gasteiger partial charge in [0.2, 0.25) is 0 Å². The molecule has 0 fully saturated rings. The van der Waals surface area contributed by atoms with Gasteiger partial charge in [-0.1, -0.05) is 177 Å². The fourth-order valence-electron chi connectivity index (χ4n) is 10.4. The molecule has 12 aromatic rings. The van der Waals surface area contributed by atoms with Crippen LogP contribution in [0, 0.1) is 0 Å². The van der Waals surface area contributed by atoms with Gasteiger partial charge in [-0.3, -0.25) is 0 Å². The van der Waals surface area contributed by atoms with E-state index < -0.39 is 16.1 Å². The van der Waals surface area contributed by atoms with Gasteiger partial charge in [0.1, 0.15) is 0 Å². The summed E-state index contributed by atoms with van der Waals surface area (Å²) >= 11 is 1.87. The lowest BCUT2D eigenvalue weighted by Gasteiger charge is -2.28. The van der Waals surface area contributed by atoms with Gasteiger partial charge in [0.15, 0.2) is 0 Å². The molecule has 68 heavy (non-hydrogen) atoms. The van der Waals surface area contributed by atoms with E-state index in [2.05, 4.69) is 266 Å². The summed E-state index contributed by atoms with van der Waals surface area (Å²) in [6.07, 6.45) is 0. The third-order valence-electron chi connectivity index (χ3n) is 13.8. The number of thiophene rings is 1. The normalized spacial score (nSPS) is 12.3. The topological polar surface area (TPSA) is 11.4 Å². The fourth-order valence-corrected chi connectivity index (χ4v) is 13.8. The highest BCUT2D eigenvalue weighted by molar-refractivity contribution is 7.25. The van der Waals surface area contributed by atoms with E-state index in [1.807, 2.05) is 11.3 Å².